The molecule has 1 amide bonds. The molecule has 2 aliphatic carbocycles. The molecule has 0 radical (unpaired) electrons. The maximum absolute atomic E-state index is 13.7. The SMILES string of the molecule is Cc1cc([C@@H](NC(=O)c2cc(CCO)cc(C3(C(F)(F)F)CC3)c2)C2CC2)ccc1F. The summed E-state index contributed by atoms with van der Waals surface area (Å²) < 4.78 is 54.7. The molecule has 1 atom stereocenters. The minimum absolute atomic E-state index is 0.000305. The third-order valence-electron chi connectivity index (χ3n) is 6.42. The van der Waals surface area contributed by atoms with Crippen LogP contribution in [-0.4, -0.2) is 23.8 Å². The van der Waals surface area contributed by atoms with Crippen molar-refractivity contribution in [2.24, 2.45) is 5.92 Å². The van der Waals surface area contributed by atoms with E-state index in [9.17, 15) is 27.5 Å². The van der Waals surface area contributed by atoms with Crippen molar-refractivity contribution in [1.29, 1.82) is 0 Å². The Labute approximate surface area is 178 Å². The molecule has 0 saturated heterocycles. The molecule has 2 fully saturated rings. The van der Waals surface area contributed by atoms with Crippen LogP contribution < -0.4 is 5.32 Å². The van der Waals surface area contributed by atoms with Crippen LogP contribution in [0.2, 0.25) is 0 Å². The molecule has 2 saturated carbocycles. The molecule has 2 aromatic rings. The molecule has 0 unspecified atom stereocenters. The average molecular weight is 435 g/mol. The fraction of sp³-hybridized carbons (Fsp3) is 0.458. The van der Waals surface area contributed by atoms with Gasteiger partial charge in [-0.1, -0.05) is 18.2 Å². The van der Waals surface area contributed by atoms with E-state index in [-0.39, 0.29) is 54.8 Å². The minimum Gasteiger partial charge on any atom is -0.396 e. The molecule has 0 bridgehead atoms. The summed E-state index contributed by atoms with van der Waals surface area (Å²) in [6.07, 6.45) is -2.37. The zero-order valence-corrected chi connectivity index (χ0v) is 17.2. The fourth-order valence-electron chi connectivity index (χ4n) is 4.22. The largest absolute Gasteiger partial charge is 0.398 e. The highest BCUT2D eigenvalue weighted by Gasteiger charge is 2.64. The van der Waals surface area contributed by atoms with Gasteiger partial charge < -0.3 is 10.4 Å². The van der Waals surface area contributed by atoms with Crippen molar-refractivity contribution in [3.8, 4) is 0 Å². The van der Waals surface area contributed by atoms with Gasteiger partial charge in [0, 0.05) is 12.2 Å². The van der Waals surface area contributed by atoms with Gasteiger partial charge in [-0.05, 0) is 85.4 Å². The molecule has 0 aromatic heterocycles. The lowest BCUT2D eigenvalue weighted by molar-refractivity contribution is -0.160. The van der Waals surface area contributed by atoms with E-state index in [2.05, 4.69) is 5.32 Å². The average Bonchev–Trinajstić information content (AvgIpc) is 3.61. The standard InChI is InChI=1S/C24H25F4NO2/c1-14-10-17(4-5-20(14)25)21(16-2-3-16)29-22(31)18-11-15(6-9-30)12-19(13-18)23(7-8-23)24(26,27)28/h4-5,10-13,16,21,30H,2-3,6-9H2,1H3,(H,29,31)/t21-/m0/s1. The molecule has 3 nitrogen and oxygen atoms in total. The van der Waals surface area contributed by atoms with Crippen LogP contribution in [0.1, 0.15) is 64.3 Å². The molecule has 7 heteroatoms. The quantitative estimate of drug-likeness (QED) is 0.592. The Balaban J connectivity index is 1.65. The monoisotopic (exact) mass is 435 g/mol. The van der Waals surface area contributed by atoms with Gasteiger partial charge in [-0.3, -0.25) is 4.79 Å². The van der Waals surface area contributed by atoms with Crippen molar-refractivity contribution in [2.75, 3.05) is 6.61 Å². The summed E-state index contributed by atoms with van der Waals surface area (Å²) in [5, 5.41) is 12.2. The van der Waals surface area contributed by atoms with Crippen molar-refractivity contribution in [2.45, 2.75) is 56.7 Å². The number of carbonyl (C=O) groups is 1. The smallest absolute Gasteiger partial charge is 0.396 e. The number of hydrogen-bond acceptors (Lipinski definition) is 2. The van der Waals surface area contributed by atoms with Crippen molar-refractivity contribution >= 4 is 5.91 Å². The predicted molar refractivity (Wildman–Crippen MR) is 108 cm³/mol. The van der Waals surface area contributed by atoms with E-state index in [4.69, 9.17) is 0 Å². The van der Waals surface area contributed by atoms with Gasteiger partial charge in [0.1, 0.15) is 5.82 Å². The number of benzene rings is 2. The van der Waals surface area contributed by atoms with Crippen LogP contribution in [0.4, 0.5) is 17.6 Å². The van der Waals surface area contributed by atoms with Gasteiger partial charge in [-0.25, -0.2) is 4.39 Å². The first kappa shape index (κ1) is 21.8. The summed E-state index contributed by atoms with van der Waals surface area (Å²) in [5.41, 5.74) is 0.0946. The molecular formula is C24H25F4NO2. The van der Waals surface area contributed by atoms with E-state index in [1.807, 2.05) is 0 Å². The summed E-state index contributed by atoms with van der Waals surface area (Å²) in [6, 6.07) is 8.71. The van der Waals surface area contributed by atoms with Gasteiger partial charge in [-0.2, -0.15) is 13.2 Å². The number of hydrogen-bond donors (Lipinski definition) is 2. The maximum Gasteiger partial charge on any atom is 0.398 e. The summed E-state index contributed by atoms with van der Waals surface area (Å²) in [6.45, 7) is 1.44. The lowest BCUT2D eigenvalue weighted by Crippen LogP contribution is -2.32. The summed E-state index contributed by atoms with van der Waals surface area (Å²) in [5.74, 6) is -0.565. The van der Waals surface area contributed by atoms with Crippen molar-refractivity contribution in [3.05, 3.63) is 70.0 Å². The zero-order chi connectivity index (χ0) is 22.4. The Morgan fingerprint density at radius 3 is 2.45 bits per heavy atom. The molecule has 31 heavy (non-hydrogen) atoms. The Bertz CT molecular complexity index is 994. The number of alkyl halides is 3. The molecule has 2 aliphatic rings. The Morgan fingerprint density at radius 1 is 1.19 bits per heavy atom. The Hall–Kier alpha value is -2.41. The number of nitrogens with one attached hydrogen (secondary N) is 1. The first-order valence-electron chi connectivity index (χ1n) is 10.5. The normalized spacial score (nSPS) is 18.5. The van der Waals surface area contributed by atoms with Crippen LogP contribution in [0, 0.1) is 18.7 Å². The van der Waals surface area contributed by atoms with Gasteiger partial charge in [-0.15, -0.1) is 0 Å². The van der Waals surface area contributed by atoms with E-state index in [0.717, 1.165) is 18.4 Å². The molecule has 0 spiro atoms. The molecule has 4 rings (SSSR count). The number of aliphatic hydroxyl groups excluding tert-OH is 1. The lowest BCUT2D eigenvalue weighted by atomic mass is 9.90. The topological polar surface area (TPSA) is 49.3 Å². The van der Waals surface area contributed by atoms with Gasteiger partial charge >= 0.3 is 6.18 Å². The highest BCUT2D eigenvalue weighted by Crippen LogP contribution is 2.59. The number of amides is 1. The number of carbonyl (C=O) groups excluding carboxylic acids is 1. The second kappa shape index (κ2) is 7.93. The minimum atomic E-state index is -4.39. The number of rotatable bonds is 7. The van der Waals surface area contributed by atoms with Crippen LogP contribution in [0.25, 0.3) is 0 Å². The van der Waals surface area contributed by atoms with Gasteiger partial charge in [0.05, 0.1) is 11.5 Å². The van der Waals surface area contributed by atoms with Gasteiger partial charge in [0.25, 0.3) is 5.91 Å². The Morgan fingerprint density at radius 2 is 1.90 bits per heavy atom. The molecule has 166 valence electrons. The Kier molecular flexibility index (Phi) is 5.58. The highest BCUT2D eigenvalue weighted by molar-refractivity contribution is 5.95. The summed E-state index contributed by atoms with van der Waals surface area (Å²) >= 11 is 0. The first-order valence-corrected chi connectivity index (χ1v) is 10.5. The van der Waals surface area contributed by atoms with Gasteiger partial charge in [0.15, 0.2) is 0 Å². The molecule has 0 heterocycles. The lowest BCUT2D eigenvalue weighted by Gasteiger charge is -2.23. The van der Waals surface area contributed by atoms with Crippen LogP contribution in [-0.2, 0) is 11.8 Å². The van der Waals surface area contributed by atoms with Crippen LogP contribution in [0.5, 0.6) is 0 Å². The number of aryl methyl sites for hydroxylation is 1. The molecule has 2 N–H and O–H groups in total. The molecule has 0 aliphatic heterocycles. The third-order valence-corrected chi connectivity index (χ3v) is 6.42. The van der Waals surface area contributed by atoms with E-state index < -0.39 is 17.5 Å². The first-order chi connectivity index (χ1) is 14.6. The second-order valence-corrected chi connectivity index (χ2v) is 8.77. The fourth-order valence-corrected chi connectivity index (χ4v) is 4.22. The van der Waals surface area contributed by atoms with E-state index in [1.54, 1.807) is 25.1 Å². The van der Waals surface area contributed by atoms with Gasteiger partial charge in [0.2, 0.25) is 0 Å². The van der Waals surface area contributed by atoms with E-state index in [1.165, 1.54) is 18.2 Å². The van der Waals surface area contributed by atoms with Crippen molar-refractivity contribution in [1.82, 2.24) is 5.32 Å². The zero-order valence-electron chi connectivity index (χ0n) is 17.2. The molecule has 2 aromatic carbocycles. The van der Waals surface area contributed by atoms with E-state index in [0.29, 0.717) is 11.1 Å². The van der Waals surface area contributed by atoms with Crippen LogP contribution in [0.15, 0.2) is 36.4 Å². The summed E-state index contributed by atoms with van der Waals surface area (Å²) in [4.78, 5) is 13.1. The van der Waals surface area contributed by atoms with Crippen LogP contribution >= 0.6 is 0 Å². The van der Waals surface area contributed by atoms with Crippen LogP contribution in [0.3, 0.4) is 0 Å². The predicted octanol–water partition coefficient (Wildman–Crippen LogP) is 5.14. The van der Waals surface area contributed by atoms with E-state index >= 15 is 0 Å². The number of halogens is 4. The number of aliphatic hydroxyl groups is 1. The third kappa shape index (κ3) is 4.33. The summed E-state index contributed by atoms with van der Waals surface area (Å²) in [7, 11) is 0. The highest BCUT2D eigenvalue weighted by atomic mass is 19.4. The van der Waals surface area contributed by atoms with Crippen molar-refractivity contribution in [3.63, 3.8) is 0 Å². The second-order valence-electron chi connectivity index (χ2n) is 8.77. The van der Waals surface area contributed by atoms with Crippen molar-refractivity contribution < 1.29 is 27.5 Å². The maximum atomic E-state index is 13.7. The molecular weight excluding hydrogens is 410 g/mol.